The number of nitriles is 1. The summed E-state index contributed by atoms with van der Waals surface area (Å²) in [4.78, 5) is 16.3. The second-order valence-corrected chi connectivity index (χ2v) is 11.4. The Kier molecular flexibility index (Phi) is 8.48. The van der Waals surface area contributed by atoms with Crippen LogP contribution in [-0.4, -0.2) is 67.3 Å². The number of aromatic nitrogens is 3. The number of hydrogen-bond acceptors (Lipinski definition) is 13. The SMILES string of the molecule is C#C[C@]1(CO[P@@](=O)(N[C@@H](C)C(=O)OC(C)C)Oc2ccccc2)O[C@@](C#N)(c2ccc3c(N)nc(N)nn23)[C@@H](O)C1O. The molecular formula is C26H30N7O8P. The molecule has 0 radical (unpaired) electrons. The smallest absolute Gasteiger partial charge is 0.459 e. The van der Waals surface area contributed by atoms with E-state index in [1.165, 1.54) is 31.2 Å². The number of nitrogens with two attached hydrogens (primary N) is 2. The zero-order valence-corrected chi connectivity index (χ0v) is 23.8. The van der Waals surface area contributed by atoms with Crippen LogP contribution in [0.1, 0.15) is 26.5 Å². The highest BCUT2D eigenvalue weighted by atomic mass is 31.2. The topological polar surface area (TPSA) is 230 Å². The Morgan fingerprint density at radius 3 is 2.55 bits per heavy atom. The van der Waals surface area contributed by atoms with Crippen molar-refractivity contribution >= 4 is 31.0 Å². The first-order chi connectivity index (χ1) is 19.8. The number of nitrogens with zero attached hydrogens (tertiary/aromatic N) is 4. The summed E-state index contributed by atoms with van der Waals surface area (Å²) in [5, 5.41) is 39.1. The summed E-state index contributed by atoms with van der Waals surface area (Å²) in [7, 11) is -4.47. The van der Waals surface area contributed by atoms with Crippen molar-refractivity contribution in [3.05, 3.63) is 48.2 Å². The van der Waals surface area contributed by atoms with Gasteiger partial charge in [-0.3, -0.25) is 9.32 Å². The number of carbonyl (C=O) groups excluding carboxylic acids is 1. The molecule has 2 aromatic heterocycles. The summed E-state index contributed by atoms with van der Waals surface area (Å²) in [6, 6.07) is 11.4. The second-order valence-electron chi connectivity index (χ2n) is 9.76. The molecule has 3 aromatic rings. The molecule has 4 rings (SSSR count). The van der Waals surface area contributed by atoms with Crippen molar-refractivity contribution in [1.29, 1.82) is 5.26 Å². The Morgan fingerprint density at radius 2 is 1.93 bits per heavy atom. The first-order valence-corrected chi connectivity index (χ1v) is 14.2. The predicted octanol–water partition coefficient (Wildman–Crippen LogP) is 0.870. The van der Waals surface area contributed by atoms with E-state index >= 15 is 0 Å². The fourth-order valence-electron chi connectivity index (χ4n) is 4.34. The number of hydrogen-bond donors (Lipinski definition) is 5. The zero-order chi connectivity index (χ0) is 30.9. The van der Waals surface area contributed by atoms with Gasteiger partial charge in [-0.2, -0.15) is 15.3 Å². The molecular weight excluding hydrogens is 569 g/mol. The molecule has 0 amide bonds. The molecule has 1 aliphatic heterocycles. The van der Waals surface area contributed by atoms with Crippen molar-refractivity contribution < 1.29 is 38.1 Å². The number of para-hydroxylation sites is 1. The average Bonchev–Trinajstić information content (AvgIpc) is 3.46. The van der Waals surface area contributed by atoms with Crippen molar-refractivity contribution in [2.24, 2.45) is 0 Å². The van der Waals surface area contributed by atoms with Crippen LogP contribution in [0, 0.1) is 23.7 Å². The summed E-state index contributed by atoms with van der Waals surface area (Å²) in [6.07, 6.45) is 1.41. The van der Waals surface area contributed by atoms with Gasteiger partial charge in [0.25, 0.3) is 0 Å². The van der Waals surface area contributed by atoms with E-state index in [0.29, 0.717) is 0 Å². The molecule has 222 valence electrons. The summed E-state index contributed by atoms with van der Waals surface area (Å²) < 4.78 is 37.4. The van der Waals surface area contributed by atoms with E-state index in [9.17, 15) is 24.8 Å². The van der Waals surface area contributed by atoms with Gasteiger partial charge in [0.05, 0.1) is 11.8 Å². The summed E-state index contributed by atoms with van der Waals surface area (Å²) >= 11 is 0. The molecule has 15 nitrogen and oxygen atoms in total. The third kappa shape index (κ3) is 5.62. The molecule has 1 unspecified atom stereocenters. The van der Waals surface area contributed by atoms with Gasteiger partial charge in [0.15, 0.2) is 11.4 Å². The van der Waals surface area contributed by atoms with Crippen molar-refractivity contribution in [3.63, 3.8) is 0 Å². The third-order valence-corrected chi connectivity index (χ3v) is 7.98. The molecule has 16 heteroatoms. The van der Waals surface area contributed by atoms with Crippen molar-refractivity contribution in [2.45, 2.75) is 56.3 Å². The minimum absolute atomic E-state index is 0.0170. The lowest BCUT2D eigenvalue weighted by molar-refractivity contribution is -0.149. The molecule has 42 heavy (non-hydrogen) atoms. The van der Waals surface area contributed by atoms with Crippen molar-refractivity contribution in [3.8, 4) is 24.2 Å². The van der Waals surface area contributed by atoms with Crippen LogP contribution in [0.25, 0.3) is 5.52 Å². The maximum atomic E-state index is 14.0. The van der Waals surface area contributed by atoms with E-state index in [1.807, 2.05) is 6.07 Å². The number of ether oxygens (including phenoxy) is 2. The highest BCUT2D eigenvalue weighted by Gasteiger charge is 2.65. The number of carbonyl (C=O) groups is 1. The number of nitrogen functional groups attached to an aromatic ring is 2. The monoisotopic (exact) mass is 599 g/mol. The molecule has 1 fully saturated rings. The minimum Gasteiger partial charge on any atom is -0.462 e. The number of terminal acetylenes is 1. The van der Waals surface area contributed by atoms with E-state index in [-0.39, 0.29) is 28.7 Å². The number of esters is 1. The van der Waals surface area contributed by atoms with Crippen molar-refractivity contribution in [1.82, 2.24) is 19.7 Å². The second kappa shape index (κ2) is 11.6. The van der Waals surface area contributed by atoms with E-state index in [0.717, 1.165) is 4.52 Å². The van der Waals surface area contributed by atoms with Crippen LogP contribution in [0.4, 0.5) is 11.8 Å². The van der Waals surface area contributed by atoms with Crippen LogP contribution in [-0.2, 0) is 29.0 Å². The Hall–Kier alpha value is -4.21. The van der Waals surface area contributed by atoms with Gasteiger partial charge in [-0.25, -0.2) is 9.08 Å². The summed E-state index contributed by atoms with van der Waals surface area (Å²) in [5.74, 6) is 1.34. The minimum atomic E-state index is -4.47. The molecule has 7 N–H and O–H groups in total. The fraction of sp³-hybridized carbons (Fsp3) is 0.385. The van der Waals surface area contributed by atoms with Gasteiger partial charge < -0.3 is 35.7 Å². The maximum Gasteiger partial charge on any atom is 0.459 e. The van der Waals surface area contributed by atoms with Gasteiger partial charge in [0.1, 0.15) is 42.2 Å². The number of rotatable bonds is 10. The van der Waals surface area contributed by atoms with Gasteiger partial charge in [0.2, 0.25) is 11.5 Å². The van der Waals surface area contributed by atoms with Crippen LogP contribution in [0.5, 0.6) is 5.75 Å². The van der Waals surface area contributed by atoms with Crippen molar-refractivity contribution in [2.75, 3.05) is 18.1 Å². The molecule has 6 atom stereocenters. The Labute approximate surface area is 240 Å². The molecule has 3 heterocycles. The molecule has 0 spiro atoms. The lowest BCUT2D eigenvalue weighted by atomic mass is 9.89. The standard InChI is InChI=1S/C26H30N7O8P/c1-5-25(14-38-42(37,40-17-9-7-6-8-10-17)32-16(4)23(36)39-15(2)3)20(34)21(35)26(13-27,41-25)19-12-11-18-22(28)30-24(29)31-33(18)19/h1,6-12,15-16,20-21,34-35H,14H2,2-4H3,(H,32,37)(H4,28,29,30,31)/t16-,20?,21-,25+,26-,42-/m0/s1. The summed E-state index contributed by atoms with van der Waals surface area (Å²) in [5.41, 5.74) is 7.24. The zero-order valence-electron chi connectivity index (χ0n) is 22.9. The van der Waals surface area contributed by atoms with Crippen LogP contribution < -0.4 is 21.1 Å². The van der Waals surface area contributed by atoms with Gasteiger partial charge >= 0.3 is 13.7 Å². The summed E-state index contributed by atoms with van der Waals surface area (Å²) in [6.45, 7) is 3.81. The quantitative estimate of drug-likeness (QED) is 0.124. The number of aliphatic hydroxyl groups excluding tert-OH is 2. The van der Waals surface area contributed by atoms with Gasteiger partial charge in [-0.1, -0.05) is 24.1 Å². The third-order valence-electron chi connectivity index (χ3n) is 6.36. The Bertz CT molecular complexity index is 1600. The maximum absolute atomic E-state index is 14.0. The first kappa shape index (κ1) is 30.7. The highest BCUT2D eigenvalue weighted by molar-refractivity contribution is 7.52. The largest absolute Gasteiger partial charge is 0.462 e. The first-order valence-electron chi connectivity index (χ1n) is 12.6. The molecule has 0 aliphatic carbocycles. The number of benzene rings is 1. The molecule has 0 bridgehead atoms. The predicted molar refractivity (Wildman–Crippen MR) is 148 cm³/mol. The van der Waals surface area contributed by atoms with Crippen LogP contribution >= 0.6 is 7.75 Å². The highest BCUT2D eigenvalue weighted by Crippen LogP contribution is 2.50. The van der Waals surface area contributed by atoms with Gasteiger partial charge in [-0.05, 0) is 45.0 Å². The molecule has 0 saturated carbocycles. The van der Waals surface area contributed by atoms with Gasteiger partial charge in [0, 0.05) is 0 Å². The number of aliphatic hydroxyl groups is 2. The lowest BCUT2D eigenvalue weighted by Crippen LogP contribution is -2.46. The van der Waals surface area contributed by atoms with E-state index in [2.05, 4.69) is 21.1 Å². The van der Waals surface area contributed by atoms with E-state index in [4.69, 9.17) is 36.4 Å². The lowest BCUT2D eigenvalue weighted by Gasteiger charge is -2.30. The Balaban J connectivity index is 1.68. The molecule has 1 saturated heterocycles. The molecule has 1 aromatic carbocycles. The molecule has 1 aliphatic rings. The van der Waals surface area contributed by atoms with Gasteiger partial charge in [-0.15, -0.1) is 11.5 Å². The van der Waals surface area contributed by atoms with E-state index in [1.54, 1.807) is 32.0 Å². The van der Waals surface area contributed by atoms with Crippen LogP contribution in [0.15, 0.2) is 42.5 Å². The fourth-order valence-corrected chi connectivity index (χ4v) is 5.86. The van der Waals surface area contributed by atoms with Crippen LogP contribution in [0.3, 0.4) is 0 Å². The normalized spacial score (nSPS) is 25.8. The average molecular weight is 600 g/mol. The number of anilines is 2. The number of nitrogens with one attached hydrogen (secondary N) is 1. The number of fused-ring (bicyclic) bond motifs is 1. The van der Waals surface area contributed by atoms with E-state index < -0.39 is 55.9 Å². The van der Waals surface area contributed by atoms with Crippen LogP contribution in [0.2, 0.25) is 0 Å². The Morgan fingerprint density at radius 1 is 1.24 bits per heavy atom.